The van der Waals surface area contributed by atoms with E-state index in [1.54, 1.807) is 21.3 Å². The van der Waals surface area contributed by atoms with Crippen molar-refractivity contribution in [3.05, 3.63) is 17.7 Å². The van der Waals surface area contributed by atoms with Gasteiger partial charge in [-0.2, -0.15) is 0 Å². The third kappa shape index (κ3) is 3.53. The minimum Gasteiger partial charge on any atom is -0.496 e. The standard InChI is InChI=1S/C14H23NO3/c1-10(9-15)5-6-11-7-13(17-3)14(18-4)8-12(11)16-2/h7-8,10H,5-6,9,15H2,1-4H3. The van der Waals surface area contributed by atoms with Crippen molar-refractivity contribution in [3.63, 3.8) is 0 Å². The number of ether oxygens (including phenoxy) is 3. The van der Waals surface area contributed by atoms with Crippen LogP contribution in [0.4, 0.5) is 0 Å². The summed E-state index contributed by atoms with van der Waals surface area (Å²) < 4.78 is 15.9. The fraction of sp³-hybridized carbons (Fsp3) is 0.571. The Labute approximate surface area is 109 Å². The summed E-state index contributed by atoms with van der Waals surface area (Å²) in [5.41, 5.74) is 6.75. The van der Waals surface area contributed by atoms with Gasteiger partial charge in [-0.3, -0.25) is 0 Å². The number of benzene rings is 1. The van der Waals surface area contributed by atoms with E-state index in [2.05, 4.69) is 6.92 Å². The van der Waals surface area contributed by atoms with Crippen molar-refractivity contribution in [2.45, 2.75) is 19.8 Å². The summed E-state index contributed by atoms with van der Waals surface area (Å²) in [6, 6.07) is 3.84. The molecule has 0 bridgehead atoms. The zero-order valence-corrected chi connectivity index (χ0v) is 11.7. The summed E-state index contributed by atoms with van der Waals surface area (Å²) >= 11 is 0. The predicted octanol–water partition coefficient (Wildman–Crippen LogP) is 2.24. The highest BCUT2D eigenvalue weighted by Crippen LogP contribution is 2.35. The third-order valence-electron chi connectivity index (χ3n) is 3.10. The summed E-state index contributed by atoms with van der Waals surface area (Å²) in [5.74, 6) is 2.75. The van der Waals surface area contributed by atoms with Gasteiger partial charge in [-0.1, -0.05) is 6.92 Å². The van der Waals surface area contributed by atoms with Gasteiger partial charge in [-0.25, -0.2) is 0 Å². The third-order valence-corrected chi connectivity index (χ3v) is 3.10. The molecule has 2 N–H and O–H groups in total. The molecule has 0 aliphatic rings. The van der Waals surface area contributed by atoms with Gasteiger partial charge in [-0.05, 0) is 36.9 Å². The second-order valence-corrected chi connectivity index (χ2v) is 4.40. The average molecular weight is 253 g/mol. The molecule has 0 saturated heterocycles. The SMILES string of the molecule is COc1cc(OC)c(OC)cc1CCC(C)CN. The summed E-state index contributed by atoms with van der Waals surface area (Å²) in [6.45, 7) is 2.85. The van der Waals surface area contributed by atoms with E-state index in [-0.39, 0.29) is 0 Å². The Morgan fingerprint density at radius 1 is 1.00 bits per heavy atom. The maximum atomic E-state index is 5.63. The van der Waals surface area contributed by atoms with E-state index in [9.17, 15) is 0 Å². The quantitative estimate of drug-likeness (QED) is 0.809. The fourth-order valence-electron chi connectivity index (χ4n) is 1.81. The molecular weight excluding hydrogens is 230 g/mol. The highest BCUT2D eigenvalue weighted by molar-refractivity contribution is 5.50. The Kier molecular flexibility index (Phi) is 5.78. The number of methoxy groups -OCH3 is 3. The lowest BCUT2D eigenvalue weighted by molar-refractivity contribution is 0.347. The number of aryl methyl sites for hydroxylation is 1. The van der Waals surface area contributed by atoms with E-state index >= 15 is 0 Å². The minimum atomic E-state index is 0.503. The van der Waals surface area contributed by atoms with Crippen LogP contribution >= 0.6 is 0 Å². The predicted molar refractivity (Wildman–Crippen MR) is 72.6 cm³/mol. The Morgan fingerprint density at radius 3 is 2.06 bits per heavy atom. The van der Waals surface area contributed by atoms with Gasteiger partial charge in [-0.15, -0.1) is 0 Å². The van der Waals surface area contributed by atoms with E-state index in [1.165, 1.54) is 0 Å². The fourth-order valence-corrected chi connectivity index (χ4v) is 1.81. The van der Waals surface area contributed by atoms with E-state index < -0.39 is 0 Å². The Morgan fingerprint density at radius 2 is 1.56 bits per heavy atom. The molecule has 1 rings (SSSR count). The van der Waals surface area contributed by atoms with E-state index in [0.29, 0.717) is 18.2 Å². The Hall–Kier alpha value is -1.42. The molecule has 1 unspecified atom stereocenters. The normalized spacial score (nSPS) is 12.1. The first-order valence-electron chi connectivity index (χ1n) is 6.15. The van der Waals surface area contributed by atoms with Crippen LogP contribution in [0.1, 0.15) is 18.9 Å². The Bertz CT molecular complexity index is 380. The van der Waals surface area contributed by atoms with Crippen LogP contribution in [0.3, 0.4) is 0 Å². The molecule has 0 heterocycles. The van der Waals surface area contributed by atoms with Crippen molar-refractivity contribution in [1.82, 2.24) is 0 Å². The molecule has 1 atom stereocenters. The zero-order chi connectivity index (χ0) is 13.5. The summed E-state index contributed by atoms with van der Waals surface area (Å²) in [4.78, 5) is 0. The molecule has 0 fully saturated rings. The largest absolute Gasteiger partial charge is 0.496 e. The van der Waals surface area contributed by atoms with Crippen molar-refractivity contribution in [2.24, 2.45) is 11.7 Å². The highest BCUT2D eigenvalue weighted by Gasteiger charge is 2.12. The van der Waals surface area contributed by atoms with E-state index in [4.69, 9.17) is 19.9 Å². The molecule has 0 spiro atoms. The molecule has 4 heteroatoms. The summed E-state index contributed by atoms with van der Waals surface area (Å²) in [5, 5.41) is 0. The van der Waals surface area contributed by atoms with Crippen LogP contribution in [0.2, 0.25) is 0 Å². The molecule has 0 aliphatic carbocycles. The van der Waals surface area contributed by atoms with Gasteiger partial charge in [0.05, 0.1) is 21.3 Å². The lowest BCUT2D eigenvalue weighted by atomic mass is 10.00. The first kappa shape index (κ1) is 14.6. The van der Waals surface area contributed by atoms with Crippen LogP contribution in [-0.4, -0.2) is 27.9 Å². The van der Waals surface area contributed by atoms with Crippen LogP contribution in [-0.2, 0) is 6.42 Å². The van der Waals surface area contributed by atoms with Crippen molar-refractivity contribution >= 4 is 0 Å². The molecule has 1 aromatic carbocycles. The van der Waals surface area contributed by atoms with Crippen molar-refractivity contribution < 1.29 is 14.2 Å². The molecule has 4 nitrogen and oxygen atoms in total. The molecule has 0 aromatic heterocycles. The molecule has 18 heavy (non-hydrogen) atoms. The minimum absolute atomic E-state index is 0.503. The van der Waals surface area contributed by atoms with Gasteiger partial charge in [0.1, 0.15) is 5.75 Å². The van der Waals surface area contributed by atoms with E-state index in [0.717, 1.165) is 29.9 Å². The van der Waals surface area contributed by atoms with Gasteiger partial charge < -0.3 is 19.9 Å². The number of hydrogen-bond donors (Lipinski definition) is 1. The average Bonchev–Trinajstić information content (AvgIpc) is 2.43. The van der Waals surface area contributed by atoms with Gasteiger partial charge in [0.15, 0.2) is 11.5 Å². The van der Waals surface area contributed by atoms with Crippen LogP contribution < -0.4 is 19.9 Å². The smallest absolute Gasteiger partial charge is 0.164 e. The Balaban J connectivity index is 2.94. The molecule has 1 aromatic rings. The van der Waals surface area contributed by atoms with Gasteiger partial charge in [0.2, 0.25) is 0 Å². The molecule has 0 saturated carbocycles. The second kappa shape index (κ2) is 7.11. The van der Waals surface area contributed by atoms with Crippen LogP contribution in [0, 0.1) is 5.92 Å². The van der Waals surface area contributed by atoms with E-state index in [1.807, 2.05) is 12.1 Å². The number of nitrogens with two attached hydrogens (primary N) is 1. The highest BCUT2D eigenvalue weighted by atomic mass is 16.5. The first-order valence-corrected chi connectivity index (χ1v) is 6.15. The van der Waals surface area contributed by atoms with Crippen molar-refractivity contribution in [3.8, 4) is 17.2 Å². The number of rotatable bonds is 7. The topological polar surface area (TPSA) is 53.7 Å². The zero-order valence-electron chi connectivity index (χ0n) is 11.7. The maximum Gasteiger partial charge on any atom is 0.164 e. The lowest BCUT2D eigenvalue weighted by Gasteiger charge is -2.15. The molecule has 0 amide bonds. The maximum absolute atomic E-state index is 5.63. The second-order valence-electron chi connectivity index (χ2n) is 4.40. The molecule has 0 radical (unpaired) electrons. The van der Waals surface area contributed by atoms with Gasteiger partial charge in [0, 0.05) is 6.07 Å². The molecule has 102 valence electrons. The van der Waals surface area contributed by atoms with Gasteiger partial charge >= 0.3 is 0 Å². The monoisotopic (exact) mass is 253 g/mol. The van der Waals surface area contributed by atoms with Crippen LogP contribution in [0.15, 0.2) is 12.1 Å². The molecule has 0 aliphatic heterocycles. The summed E-state index contributed by atoms with van der Waals surface area (Å²) in [7, 11) is 4.92. The van der Waals surface area contributed by atoms with Crippen LogP contribution in [0.5, 0.6) is 17.2 Å². The molecular formula is C14H23NO3. The first-order chi connectivity index (χ1) is 8.65. The van der Waals surface area contributed by atoms with Crippen molar-refractivity contribution in [2.75, 3.05) is 27.9 Å². The van der Waals surface area contributed by atoms with Gasteiger partial charge in [0.25, 0.3) is 0 Å². The number of hydrogen-bond acceptors (Lipinski definition) is 4. The van der Waals surface area contributed by atoms with Crippen molar-refractivity contribution in [1.29, 1.82) is 0 Å². The lowest BCUT2D eigenvalue weighted by Crippen LogP contribution is -2.11. The summed E-state index contributed by atoms with van der Waals surface area (Å²) in [6.07, 6.45) is 1.95. The van der Waals surface area contributed by atoms with Crippen LogP contribution in [0.25, 0.3) is 0 Å².